The zero-order chi connectivity index (χ0) is 13.2. The minimum absolute atomic E-state index is 0.187. The summed E-state index contributed by atoms with van der Waals surface area (Å²) in [6.07, 6.45) is 0.901. The molecule has 0 radical (unpaired) electrons. The van der Waals surface area contributed by atoms with Crippen molar-refractivity contribution >= 4 is 17.5 Å². The van der Waals surface area contributed by atoms with Gasteiger partial charge in [-0.2, -0.15) is 0 Å². The first-order valence-corrected chi connectivity index (χ1v) is 6.60. The van der Waals surface area contributed by atoms with Crippen LogP contribution in [0.15, 0.2) is 24.3 Å². The number of carbonyl (C=O) groups excluding carboxylic acids is 1. The van der Waals surface area contributed by atoms with Gasteiger partial charge in [-0.05, 0) is 31.5 Å². The van der Waals surface area contributed by atoms with Crippen LogP contribution in [0.4, 0.5) is 0 Å². The lowest BCUT2D eigenvalue weighted by atomic mass is 9.88. The molecular weight excluding hydrogens is 248 g/mol. The molecule has 0 spiro atoms. The van der Waals surface area contributed by atoms with Crippen LogP contribution in [-0.2, 0) is 11.3 Å². The summed E-state index contributed by atoms with van der Waals surface area (Å²) in [4.78, 5) is 14.2. The van der Waals surface area contributed by atoms with Gasteiger partial charge in [0.2, 0.25) is 5.91 Å². The number of nitrogens with zero attached hydrogens (tertiary/aromatic N) is 1. The van der Waals surface area contributed by atoms with E-state index in [-0.39, 0.29) is 11.3 Å². The van der Waals surface area contributed by atoms with E-state index >= 15 is 0 Å². The molecule has 2 rings (SSSR count). The van der Waals surface area contributed by atoms with Crippen LogP contribution in [0.5, 0.6) is 0 Å². The summed E-state index contributed by atoms with van der Waals surface area (Å²) in [6.45, 7) is 4.27. The van der Waals surface area contributed by atoms with Crippen molar-refractivity contribution in [3.8, 4) is 0 Å². The lowest BCUT2D eigenvalue weighted by molar-refractivity contribution is -0.139. The number of hydrogen-bond donors (Lipinski definition) is 1. The van der Waals surface area contributed by atoms with Crippen molar-refractivity contribution in [3.63, 3.8) is 0 Å². The molecule has 1 amide bonds. The number of benzene rings is 1. The molecule has 98 valence electrons. The Bertz CT molecular complexity index is 441. The van der Waals surface area contributed by atoms with Gasteiger partial charge in [0, 0.05) is 25.2 Å². The summed E-state index contributed by atoms with van der Waals surface area (Å²) in [5, 5.41) is 3.96. The summed E-state index contributed by atoms with van der Waals surface area (Å²) in [5.74, 6) is 0.187. The molecule has 1 aromatic rings. The summed E-state index contributed by atoms with van der Waals surface area (Å²) in [5.41, 5.74) is 0.722. The van der Waals surface area contributed by atoms with Crippen LogP contribution in [0.1, 0.15) is 18.9 Å². The van der Waals surface area contributed by atoms with Crippen LogP contribution in [0.2, 0.25) is 5.02 Å². The van der Waals surface area contributed by atoms with Gasteiger partial charge in [-0.3, -0.25) is 4.79 Å². The molecule has 0 aliphatic carbocycles. The number of rotatable bonds is 3. The van der Waals surface area contributed by atoms with Crippen LogP contribution in [0, 0.1) is 5.41 Å². The van der Waals surface area contributed by atoms with E-state index in [0.717, 1.165) is 25.1 Å². The molecule has 1 N–H and O–H groups in total. The second-order valence-electron chi connectivity index (χ2n) is 5.24. The monoisotopic (exact) mass is 266 g/mol. The summed E-state index contributed by atoms with van der Waals surface area (Å²) < 4.78 is 0. The van der Waals surface area contributed by atoms with E-state index in [1.165, 1.54) is 0 Å². The van der Waals surface area contributed by atoms with Crippen molar-refractivity contribution in [1.82, 2.24) is 10.2 Å². The van der Waals surface area contributed by atoms with E-state index in [4.69, 9.17) is 11.6 Å². The zero-order valence-electron chi connectivity index (χ0n) is 10.9. The van der Waals surface area contributed by atoms with Gasteiger partial charge in [0.25, 0.3) is 0 Å². The lowest BCUT2D eigenvalue weighted by Gasteiger charge is -2.28. The topological polar surface area (TPSA) is 32.3 Å². The summed E-state index contributed by atoms with van der Waals surface area (Å²) in [6, 6.07) is 7.66. The largest absolute Gasteiger partial charge is 0.341 e. The second kappa shape index (κ2) is 5.29. The minimum Gasteiger partial charge on any atom is -0.341 e. The lowest BCUT2D eigenvalue weighted by Crippen LogP contribution is -2.41. The van der Waals surface area contributed by atoms with E-state index < -0.39 is 0 Å². The van der Waals surface area contributed by atoms with Crippen LogP contribution < -0.4 is 5.32 Å². The van der Waals surface area contributed by atoms with E-state index in [9.17, 15) is 4.79 Å². The Kier molecular flexibility index (Phi) is 3.93. The van der Waals surface area contributed by atoms with Crippen molar-refractivity contribution in [3.05, 3.63) is 34.9 Å². The number of amides is 1. The molecule has 1 unspecified atom stereocenters. The molecule has 1 fully saturated rings. The number of carbonyl (C=O) groups is 1. The highest BCUT2D eigenvalue weighted by Gasteiger charge is 2.38. The van der Waals surface area contributed by atoms with E-state index in [1.54, 1.807) is 4.90 Å². The Morgan fingerprint density at radius 3 is 2.83 bits per heavy atom. The maximum Gasteiger partial charge on any atom is 0.229 e. The Morgan fingerprint density at radius 1 is 1.50 bits per heavy atom. The molecule has 0 aromatic heterocycles. The van der Waals surface area contributed by atoms with Gasteiger partial charge in [-0.25, -0.2) is 0 Å². The number of halogens is 1. The highest BCUT2D eigenvalue weighted by Crippen LogP contribution is 2.28. The predicted octanol–water partition coefficient (Wildman–Crippen LogP) is 2.30. The maximum absolute atomic E-state index is 12.4. The summed E-state index contributed by atoms with van der Waals surface area (Å²) >= 11 is 6.12. The Balaban J connectivity index is 2.06. The fourth-order valence-corrected chi connectivity index (χ4v) is 2.61. The fraction of sp³-hybridized carbons (Fsp3) is 0.500. The first-order chi connectivity index (χ1) is 8.53. The van der Waals surface area contributed by atoms with E-state index in [0.29, 0.717) is 11.6 Å². The maximum atomic E-state index is 12.4. The SMILES string of the molecule is CN(Cc1ccccc1Cl)C(=O)C1(C)CCNC1. The molecule has 0 bridgehead atoms. The molecule has 1 aliphatic rings. The normalized spacial score (nSPS) is 23.1. The molecule has 1 aromatic carbocycles. The first-order valence-electron chi connectivity index (χ1n) is 6.23. The Morgan fingerprint density at radius 2 is 2.22 bits per heavy atom. The summed E-state index contributed by atoms with van der Waals surface area (Å²) in [7, 11) is 1.84. The number of hydrogen-bond acceptors (Lipinski definition) is 2. The van der Waals surface area contributed by atoms with Crippen LogP contribution in [-0.4, -0.2) is 30.9 Å². The van der Waals surface area contributed by atoms with Gasteiger partial charge in [0.05, 0.1) is 5.41 Å². The third-order valence-electron chi connectivity index (χ3n) is 3.60. The highest BCUT2D eigenvalue weighted by atomic mass is 35.5. The van der Waals surface area contributed by atoms with Crippen molar-refractivity contribution in [2.45, 2.75) is 19.9 Å². The van der Waals surface area contributed by atoms with Gasteiger partial charge < -0.3 is 10.2 Å². The minimum atomic E-state index is -0.268. The molecule has 4 heteroatoms. The average Bonchev–Trinajstić information content (AvgIpc) is 2.79. The zero-order valence-corrected chi connectivity index (χ0v) is 11.6. The van der Waals surface area contributed by atoms with Crippen LogP contribution in [0.3, 0.4) is 0 Å². The van der Waals surface area contributed by atoms with Gasteiger partial charge in [-0.1, -0.05) is 29.8 Å². The quantitative estimate of drug-likeness (QED) is 0.911. The second-order valence-corrected chi connectivity index (χ2v) is 5.65. The van der Waals surface area contributed by atoms with Crippen LogP contribution in [0.25, 0.3) is 0 Å². The third kappa shape index (κ3) is 2.68. The Hall–Kier alpha value is -1.06. The standard InChI is InChI=1S/C14H19ClN2O/c1-14(7-8-16-10-14)13(18)17(2)9-11-5-3-4-6-12(11)15/h3-6,16H,7-10H2,1-2H3. The highest BCUT2D eigenvalue weighted by molar-refractivity contribution is 6.31. The van der Waals surface area contributed by atoms with Crippen molar-refractivity contribution in [1.29, 1.82) is 0 Å². The van der Waals surface area contributed by atoms with Crippen LogP contribution >= 0.6 is 11.6 Å². The van der Waals surface area contributed by atoms with Gasteiger partial charge in [-0.15, -0.1) is 0 Å². The Labute approximate surface area is 113 Å². The molecule has 1 heterocycles. The third-order valence-corrected chi connectivity index (χ3v) is 3.97. The molecule has 3 nitrogen and oxygen atoms in total. The molecule has 18 heavy (non-hydrogen) atoms. The van der Waals surface area contributed by atoms with Crippen molar-refractivity contribution in [2.24, 2.45) is 5.41 Å². The predicted molar refractivity (Wildman–Crippen MR) is 73.5 cm³/mol. The average molecular weight is 267 g/mol. The van der Waals surface area contributed by atoms with Crippen molar-refractivity contribution in [2.75, 3.05) is 20.1 Å². The smallest absolute Gasteiger partial charge is 0.229 e. The van der Waals surface area contributed by atoms with Gasteiger partial charge in [0.1, 0.15) is 0 Å². The van der Waals surface area contributed by atoms with E-state index in [2.05, 4.69) is 5.32 Å². The van der Waals surface area contributed by atoms with Crippen molar-refractivity contribution < 1.29 is 4.79 Å². The number of nitrogens with one attached hydrogen (secondary N) is 1. The molecule has 0 saturated carbocycles. The van der Waals surface area contributed by atoms with E-state index in [1.807, 2.05) is 38.2 Å². The van der Waals surface area contributed by atoms with Gasteiger partial charge in [0.15, 0.2) is 0 Å². The molecule has 1 saturated heterocycles. The molecular formula is C14H19ClN2O. The molecule has 1 aliphatic heterocycles. The fourth-order valence-electron chi connectivity index (χ4n) is 2.41. The first kappa shape index (κ1) is 13.4. The van der Waals surface area contributed by atoms with Gasteiger partial charge >= 0.3 is 0 Å². The molecule has 1 atom stereocenters.